The number of aromatic hydroxyl groups is 1. The van der Waals surface area contributed by atoms with Crippen LogP contribution in [0.3, 0.4) is 0 Å². The van der Waals surface area contributed by atoms with Gasteiger partial charge in [-0.3, -0.25) is 9.89 Å². The monoisotopic (exact) mass is 495 g/mol. The molecule has 0 saturated carbocycles. The van der Waals surface area contributed by atoms with Crippen molar-refractivity contribution in [1.82, 2.24) is 14.8 Å². The highest BCUT2D eigenvalue weighted by atomic mass is 32.2. The van der Waals surface area contributed by atoms with Gasteiger partial charge in [-0.2, -0.15) is 13.5 Å². The van der Waals surface area contributed by atoms with E-state index in [1.165, 1.54) is 22.8 Å². The van der Waals surface area contributed by atoms with Crippen LogP contribution in [0.1, 0.15) is 25.8 Å². The summed E-state index contributed by atoms with van der Waals surface area (Å²) in [5, 5.41) is 20.6. The van der Waals surface area contributed by atoms with Crippen molar-refractivity contribution in [3.63, 3.8) is 0 Å². The lowest BCUT2D eigenvalue weighted by Gasteiger charge is -2.21. The molecule has 4 aromatic rings. The van der Waals surface area contributed by atoms with Gasteiger partial charge in [0.15, 0.2) is 5.84 Å². The molecule has 0 radical (unpaired) electrons. The van der Waals surface area contributed by atoms with Gasteiger partial charge in [0.2, 0.25) is 0 Å². The summed E-state index contributed by atoms with van der Waals surface area (Å²) < 4.78 is 45.5. The number of aryl methyl sites for hydroxylation is 1. The number of aromatic nitrogens is 3. The van der Waals surface area contributed by atoms with E-state index in [1.54, 1.807) is 24.4 Å². The van der Waals surface area contributed by atoms with E-state index in [9.17, 15) is 22.7 Å². The number of halogens is 1. The van der Waals surface area contributed by atoms with Crippen LogP contribution in [-0.2, 0) is 16.6 Å². The Morgan fingerprint density at radius 2 is 1.94 bits per heavy atom. The van der Waals surface area contributed by atoms with Gasteiger partial charge < -0.3 is 15.0 Å². The molecule has 0 unspecified atom stereocenters. The standard InChI is InChI=1S/C24H22FN5O4S/c1-13(2)8-10-30-19-6-4-15(25)12-16(19)22(31)21(24(30)32)23-27-18-5-3-14(17-7-9-26-28-17)11-20(18)35(33,34)29-23/h3-7,9,11-13,31H,8,10H2,1-2H3,(H,26,28)(H,27,29). The van der Waals surface area contributed by atoms with Crippen molar-refractivity contribution in [3.05, 3.63) is 70.4 Å². The number of H-pyrrole nitrogens is 1. The van der Waals surface area contributed by atoms with Gasteiger partial charge in [-0.15, -0.1) is 4.40 Å². The van der Waals surface area contributed by atoms with Crippen molar-refractivity contribution in [2.24, 2.45) is 10.3 Å². The van der Waals surface area contributed by atoms with E-state index in [0.717, 1.165) is 6.07 Å². The Kier molecular flexibility index (Phi) is 5.43. The second-order valence-electron chi connectivity index (χ2n) is 8.75. The van der Waals surface area contributed by atoms with Gasteiger partial charge in [0.25, 0.3) is 15.6 Å². The first-order chi connectivity index (χ1) is 16.7. The molecular weight excluding hydrogens is 473 g/mol. The Morgan fingerprint density at radius 1 is 1.14 bits per heavy atom. The van der Waals surface area contributed by atoms with Crippen LogP contribution >= 0.6 is 0 Å². The summed E-state index contributed by atoms with van der Waals surface area (Å²) in [7, 11) is -4.23. The second-order valence-corrected chi connectivity index (χ2v) is 10.3. The Balaban J connectivity index is 1.69. The summed E-state index contributed by atoms with van der Waals surface area (Å²) in [5.74, 6) is -1.19. The number of fused-ring (bicyclic) bond motifs is 2. The largest absolute Gasteiger partial charge is 0.506 e. The van der Waals surface area contributed by atoms with E-state index in [4.69, 9.17) is 0 Å². The van der Waals surface area contributed by atoms with Crippen molar-refractivity contribution in [1.29, 1.82) is 0 Å². The number of nitrogens with one attached hydrogen (secondary N) is 2. The maximum Gasteiger partial charge on any atom is 0.286 e. The Labute approximate surface area is 200 Å². The molecule has 5 rings (SSSR count). The quantitative estimate of drug-likeness (QED) is 0.386. The van der Waals surface area contributed by atoms with Gasteiger partial charge >= 0.3 is 0 Å². The molecule has 0 amide bonds. The van der Waals surface area contributed by atoms with E-state index in [1.807, 2.05) is 13.8 Å². The second kappa shape index (κ2) is 8.35. The highest BCUT2D eigenvalue weighted by molar-refractivity contribution is 7.90. The lowest BCUT2D eigenvalue weighted by atomic mass is 10.1. The topological polar surface area (TPSA) is 129 Å². The minimum atomic E-state index is -4.23. The summed E-state index contributed by atoms with van der Waals surface area (Å²) in [6, 6.07) is 10.1. The van der Waals surface area contributed by atoms with Crippen molar-refractivity contribution in [2.75, 3.05) is 5.32 Å². The number of benzene rings is 2. The van der Waals surface area contributed by atoms with Crippen LogP contribution in [0.5, 0.6) is 5.75 Å². The first kappa shape index (κ1) is 22.8. The van der Waals surface area contributed by atoms with E-state index < -0.39 is 27.1 Å². The molecule has 11 heteroatoms. The summed E-state index contributed by atoms with van der Waals surface area (Å²) in [6.07, 6.45) is 2.20. The van der Waals surface area contributed by atoms with Crippen molar-refractivity contribution in [2.45, 2.75) is 31.7 Å². The summed E-state index contributed by atoms with van der Waals surface area (Å²) >= 11 is 0. The summed E-state index contributed by atoms with van der Waals surface area (Å²) in [4.78, 5) is 13.4. The van der Waals surface area contributed by atoms with Crippen LogP contribution in [-0.4, -0.2) is 34.1 Å². The van der Waals surface area contributed by atoms with Gasteiger partial charge in [-0.05, 0) is 48.7 Å². The predicted molar refractivity (Wildman–Crippen MR) is 131 cm³/mol. The molecule has 0 fully saturated rings. The van der Waals surface area contributed by atoms with Crippen molar-refractivity contribution < 1.29 is 17.9 Å². The van der Waals surface area contributed by atoms with Gasteiger partial charge in [0, 0.05) is 23.7 Å². The lowest BCUT2D eigenvalue weighted by molar-refractivity contribution is 0.473. The fourth-order valence-electron chi connectivity index (χ4n) is 4.09. The fraction of sp³-hybridized carbons (Fsp3) is 0.208. The van der Waals surface area contributed by atoms with Crippen LogP contribution < -0.4 is 10.9 Å². The SMILES string of the molecule is CC(C)CCn1c(=O)c(C2=NS(=O)(=O)c3cc(-c4ccn[nH]4)ccc3N2)c(O)c2cc(F)ccc21. The fourth-order valence-corrected chi connectivity index (χ4v) is 5.24. The van der Waals surface area contributed by atoms with Gasteiger partial charge in [-0.1, -0.05) is 19.9 Å². The molecule has 0 saturated heterocycles. The molecule has 35 heavy (non-hydrogen) atoms. The molecule has 180 valence electrons. The van der Waals surface area contributed by atoms with Crippen LogP contribution in [0.15, 0.2) is 62.7 Å². The van der Waals surface area contributed by atoms with E-state index in [-0.39, 0.29) is 33.3 Å². The van der Waals surface area contributed by atoms with Crippen molar-refractivity contribution >= 4 is 32.4 Å². The van der Waals surface area contributed by atoms with E-state index >= 15 is 0 Å². The first-order valence-corrected chi connectivity index (χ1v) is 12.4. The summed E-state index contributed by atoms with van der Waals surface area (Å²) in [6.45, 7) is 4.31. The minimum Gasteiger partial charge on any atom is -0.506 e. The maximum absolute atomic E-state index is 14.1. The first-order valence-electron chi connectivity index (χ1n) is 11.0. The maximum atomic E-state index is 14.1. The Bertz CT molecular complexity index is 1660. The van der Waals surface area contributed by atoms with Crippen LogP contribution in [0.4, 0.5) is 10.1 Å². The highest BCUT2D eigenvalue weighted by Gasteiger charge is 2.30. The number of nitrogens with zero attached hydrogens (tertiary/aromatic N) is 3. The van der Waals surface area contributed by atoms with Gasteiger partial charge in [-0.25, -0.2) is 4.39 Å². The molecule has 1 aliphatic heterocycles. The van der Waals surface area contributed by atoms with Gasteiger partial charge in [0.1, 0.15) is 22.0 Å². The molecule has 2 aromatic carbocycles. The van der Waals surface area contributed by atoms with Crippen LogP contribution in [0.2, 0.25) is 0 Å². The molecule has 1 aliphatic rings. The zero-order chi connectivity index (χ0) is 24.9. The summed E-state index contributed by atoms with van der Waals surface area (Å²) in [5.41, 5.74) is 0.803. The number of rotatable bonds is 5. The third-order valence-corrected chi connectivity index (χ3v) is 7.22. The zero-order valence-electron chi connectivity index (χ0n) is 18.9. The Hall–Kier alpha value is -3.99. The number of aromatic amines is 1. The molecule has 2 aromatic heterocycles. The number of hydrogen-bond donors (Lipinski definition) is 3. The molecule has 0 atom stereocenters. The smallest absolute Gasteiger partial charge is 0.286 e. The number of amidine groups is 1. The minimum absolute atomic E-state index is 0.0835. The molecule has 3 N–H and O–H groups in total. The molecule has 0 spiro atoms. The molecule has 0 bridgehead atoms. The number of hydrogen-bond acceptors (Lipinski definition) is 6. The predicted octanol–water partition coefficient (Wildman–Crippen LogP) is 3.84. The highest BCUT2D eigenvalue weighted by Crippen LogP contribution is 2.34. The Morgan fingerprint density at radius 3 is 2.66 bits per heavy atom. The molecule has 0 aliphatic carbocycles. The van der Waals surface area contributed by atoms with Gasteiger partial charge in [0.05, 0.1) is 16.9 Å². The van der Waals surface area contributed by atoms with Crippen LogP contribution in [0.25, 0.3) is 22.2 Å². The van der Waals surface area contributed by atoms with E-state index in [2.05, 4.69) is 19.9 Å². The molecule has 9 nitrogen and oxygen atoms in total. The molecular formula is C24H22FN5O4S. The van der Waals surface area contributed by atoms with Crippen molar-refractivity contribution in [3.8, 4) is 17.0 Å². The average molecular weight is 496 g/mol. The number of sulfonamides is 1. The molecule has 3 heterocycles. The van der Waals surface area contributed by atoms with Crippen LogP contribution in [0, 0.1) is 11.7 Å². The normalized spacial score (nSPS) is 14.6. The zero-order valence-corrected chi connectivity index (χ0v) is 19.7. The lowest BCUT2D eigenvalue weighted by Crippen LogP contribution is -2.33. The third kappa shape index (κ3) is 3.97. The number of pyridine rings is 1. The van der Waals surface area contributed by atoms with E-state index in [0.29, 0.717) is 29.7 Å². The third-order valence-electron chi connectivity index (χ3n) is 5.90. The average Bonchev–Trinajstić information content (AvgIpc) is 3.34. The number of anilines is 1.